The first-order chi connectivity index (χ1) is 18.8. The predicted molar refractivity (Wildman–Crippen MR) is 144 cm³/mol. The highest BCUT2D eigenvalue weighted by Gasteiger charge is 2.37. The van der Waals surface area contributed by atoms with Crippen molar-refractivity contribution < 1.29 is 18.3 Å². The highest BCUT2D eigenvalue weighted by molar-refractivity contribution is 5.76. The van der Waals surface area contributed by atoms with E-state index in [1.54, 1.807) is 23.0 Å². The van der Waals surface area contributed by atoms with Crippen molar-refractivity contribution in [3.63, 3.8) is 0 Å². The number of aryl methyl sites for hydroxylation is 1. The number of nitrogens with zero attached hydrogens (tertiary/aromatic N) is 5. The van der Waals surface area contributed by atoms with Gasteiger partial charge in [0.05, 0.1) is 18.1 Å². The number of alkyl halides is 2. The zero-order valence-corrected chi connectivity index (χ0v) is 22.8. The van der Waals surface area contributed by atoms with Gasteiger partial charge in [-0.1, -0.05) is 6.07 Å². The number of hydrazine groups is 1. The fourth-order valence-electron chi connectivity index (χ4n) is 6.56. The molecule has 1 unspecified atom stereocenters. The van der Waals surface area contributed by atoms with E-state index in [0.717, 1.165) is 54.0 Å². The summed E-state index contributed by atoms with van der Waals surface area (Å²) >= 11 is 0. The van der Waals surface area contributed by atoms with Crippen molar-refractivity contribution in [1.29, 1.82) is 0 Å². The molecule has 5 heterocycles. The molecule has 4 aliphatic rings. The van der Waals surface area contributed by atoms with E-state index in [2.05, 4.69) is 20.3 Å². The standard InChI is InChI=1S/C28H37F2N7O2/c1-28(9-12-34(3)33-28)22-15-18-5-4-10-36(24(18)16-20(22)25(29)30)26-21-17-35(27(38)31-2)11-6-23(21)37(32-26)19-7-13-39-14-8-19/h9,12,15-16,19,25,33H,4-8,10-11,13-14,17H2,1-3H3,(H,31,38). The molecule has 2 amide bonds. The quantitative estimate of drug-likeness (QED) is 0.606. The van der Waals surface area contributed by atoms with Gasteiger partial charge in [0.2, 0.25) is 0 Å². The molecule has 210 valence electrons. The van der Waals surface area contributed by atoms with Crippen molar-refractivity contribution in [2.24, 2.45) is 0 Å². The maximum Gasteiger partial charge on any atom is 0.317 e. The van der Waals surface area contributed by atoms with Gasteiger partial charge in [-0.3, -0.25) is 4.68 Å². The molecule has 6 rings (SSSR count). The van der Waals surface area contributed by atoms with Gasteiger partial charge in [-0.25, -0.2) is 19.0 Å². The van der Waals surface area contributed by atoms with E-state index in [4.69, 9.17) is 9.84 Å². The number of halogens is 2. The molecule has 2 N–H and O–H groups in total. The Morgan fingerprint density at radius 1 is 1.23 bits per heavy atom. The first-order valence-corrected chi connectivity index (χ1v) is 13.9. The predicted octanol–water partition coefficient (Wildman–Crippen LogP) is 4.13. The molecule has 11 heteroatoms. The monoisotopic (exact) mass is 541 g/mol. The van der Waals surface area contributed by atoms with Crippen molar-refractivity contribution in [2.75, 3.05) is 45.3 Å². The maximum absolute atomic E-state index is 14.6. The fourth-order valence-corrected chi connectivity index (χ4v) is 6.56. The number of benzene rings is 1. The summed E-state index contributed by atoms with van der Waals surface area (Å²) < 4.78 is 36.9. The third kappa shape index (κ3) is 4.55. The number of carbonyl (C=O) groups excluding carboxylic acids is 1. The molecule has 1 aromatic heterocycles. The van der Waals surface area contributed by atoms with Crippen LogP contribution in [0.3, 0.4) is 0 Å². The summed E-state index contributed by atoms with van der Waals surface area (Å²) in [6.07, 6.45) is 5.35. The summed E-state index contributed by atoms with van der Waals surface area (Å²) in [5, 5.41) is 9.71. The number of rotatable bonds is 4. The zero-order valence-electron chi connectivity index (χ0n) is 22.8. The lowest BCUT2D eigenvalue weighted by Crippen LogP contribution is -2.42. The summed E-state index contributed by atoms with van der Waals surface area (Å²) in [4.78, 5) is 16.5. The SMILES string of the molecule is CNC(=O)N1CCc2c(c(N3CCCc4cc(C5(C)C=CN(C)N5)c(C(F)F)cc43)nn2C2CCOCC2)C1. The van der Waals surface area contributed by atoms with Crippen LogP contribution in [0.2, 0.25) is 0 Å². The van der Waals surface area contributed by atoms with Crippen LogP contribution in [0.1, 0.15) is 66.6 Å². The number of hydrogen-bond acceptors (Lipinski definition) is 6. The summed E-state index contributed by atoms with van der Waals surface area (Å²) in [5.41, 5.74) is 7.20. The smallest absolute Gasteiger partial charge is 0.317 e. The third-order valence-electron chi connectivity index (χ3n) is 8.56. The Balaban J connectivity index is 1.45. The number of fused-ring (bicyclic) bond motifs is 2. The number of aromatic nitrogens is 2. The van der Waals surface area contributed by atoms with Crippen molar-refractivity contribution in [1.82, 2.24) is 30.4 Å². The lowest BCUT2D eigenvalue weighted by Gasteiger charge is -2.35. The van der Waals surface area contributed by atoms with Crippen LogP contribution >= 0.6 is 0 Å². The van der Waals surface area contributed by atoms with Gasteiger partial charge in [-0.05, 0) is 55.9 Å². The average Bonchev–Trinajstić information content (AvgIpc) is 3.51. The van der Waals surface area contributed by atoms with Gasteiger partial charge in [0.15, 0.2) is 5.82 Å². The van der Waals surface area contributed by atoms with Crippen LogP contribution in [0, 0.1) is 0 Å². The van der Waals surface area contributed by atoms with E-state index in [1.165, 1.54) is 0 Å². The average molecular weight is 542 g/mol. The molecule has 2 aromatic rings. The summed E-state index contributed by atoms with van der Waals surface area (Å²) in [6, 6.07) is 3.74. The number of anilines is 2. The molecule has 9 nitrogen and oxygen atoms in total. The van der Waals surface area contributed by atoms with Gasteiger partial charge in [-0.2, -0.15) is 5.10 Å². The molecule has 0 aliphatic carbocycles. The molecule has 1 aromatic carbocycles. The molecular formula is C28H37F2N7O2. The zero-order chi connectivity index (χ0) is 27.3. The van der Waals surface area contributed by atoms with Gasteiger partial charge in [-0.15, -0.1) is 0 Å². The first kappa shape index (κ1) is 26.1. The minimum atomic E-state index is -2.62. The normalized spacial score (nSPS) is 23.4. The largest absolute Gasteiger partial charge is 0.381 e. The van der Waals surface area contributed by atoms with Gasteiger partial charge in [0, 0.05) is 75.5 Å². The Kier molecular flexibility index (Phi) is 6.74. The molecule has 1 fully saturated rings. The third-order valence-corrected chi connectivity index (χ3v) is 8.56. The van der Waals surface area contributed by atoms with E-state index in [-0.39, 0.29) is 17.6 Å². The van der Waals surface area contributed by atoms with Crippen LogP contribution in [0.4, 0.5) is 25.1 Å². The lowest BCUT2D eigenvalue weighted by molar-refractivity contribution is 0.0651. The van der Waals surface area contributed by atoms with Crippen molar-refractivity contribution in [3.8, 4) is 0 Å². The molecule has 0 bridgehead atoms. The molecule has 0 saturated carbocycles. The highest BCUT2D eigenvalue weighted by atomic mass is 19.3. The second kappa shape index (κ2) is 10.1. The van der Waals surface area contributed by atoms with Crippen LogP contribution < -0.4 is 15.6 Å². The highest BCUT2D eigenvalue weighted by Crippen LogP contribution is 2.44. The Labute approximate surface area is 227 Å². The van der Waals surface area contributed by atoms with Crippen molar-refractivity contribution >= 4 is 17.5 Å². The Hall–Kier alpha value is -3.18. The molecule has 39 heavy (non-hydrogen) atoms. The van der Waals surface area contributed by atoms with Crippen LogP contribution in [0.5, 0.6) is 0 Å². The number of amides is 2. The first-order valence-electron chi connectivity index (χ1n) is 13.9. The second-order valence-electron chi connectivity index (χ2n) is 11.1. The summed E-state index contributed by atoms with van der Waals surface area (Å²) in [5.74, 6) is 0.781. The van der Waals surface area contributed by atoms with E-state index < -0.39 is 12.0 Å². The molecule has 0 radical (unpaired) electrons. The topological polar surface area (TPSA) is 77.9 Å². The van der Waals surface area contributed by atoms with Crippen molar-refractivity contribution in [3.05, 3.63) is 52.4 Å². The van der Waals surface area contributed by atoms with E-state index in [0.29, 0.717) is 44.8 Å². The van der Waals surface area contributed by atoms with Gasteiger partial charge >= 0.3 is 6.03 Å². The minimum Gasteiger partial charge on any atom is -0.381 e. The Morgan fingerprint density at radius 2 is 2.03 bits per heavy atom. The Morgan fingerprint density at radius 3 is 2.72 bits per heavy atom. The van der Waals surface area contributed by atoms with Crippen LogP contribution in [0.15, 0.2) is 24.4 Å². The summed E-state index contributed by atoms with van der Waals surface area (Å²) in [6.45, 7) is 5.07. The number of carbonyl (C=O) groups is 1. The maximum atomic E-state index is 14.6. The van der Waals surface area contributed by atoms with Crippen LogP contribution in [-0.2, 0) is 29.7 Å². The van der Waals surface area contributed by atoms with Crippen molar-refractivity contribution in [2.45, 2.75) is 63.6 Å². The second-order valence-corrected chi connectivity index (χ2v) is 11.1. The van der Waals surface area contributed by atoms with Gasteiger partial charge in [0.25, 0.3) is 6.43 Å². The lowest BCUT2D eigenvalue weighted by atomic mass is 9.85. The molecule has 1 atom stereocenters. The fraction of sp³-hybridized carbons (Fsp3) is 0.571. The van der Waals surface area contributed by atoms with Crippen LogP contribution in [-0.4, -0.2) is 66.1 Å². The molecule has 4 aliphatic heterocycles. The molecule has 0 spiro atoms. The Bertz CT molecular complexity index is 1290. The van der Waals surface area contributed by atoms with E-state index >= 15 is 0 Å². The number of nitrogens with one attached hydrogen (secondary N) is 2. The van der Waals surface area contributed by atoms with Gasteiger partial charge < -0.3 is 24.9 Å². The number of urea groups is 1. The number of hydrogen-bond donors (Lipinski definition) is 2. The number of ether oxygens (including phenoxy) is 1. The molecule has 1 saturated heterocycles. The van der Waals surface area contributed by atoms with Gasteiger partial charge in [0.1, 0.15) is 0 Å². The van der Waals surface area contributed by atoms with Crippen LogP contribution in [0.25, 0.3) is 0 Å². The molecular weight excluding hydrogens is 504 g/mol. The van der Waals surface area contributed by atoms with E-state index in [9.17, 15) is 13.6 Å². The minimum absolute atomic E-state index is 0.0281. The summed E-state index contributed by atoms with van der Waals surface area (Å²) in [7, 11) is 3.51. The van der Waals surface area contributed by atoms with E-state index in [1.807, 2.05) is 32.3 Å².